The Labute approximate surface area is 126 Å². The van der Waals surface area contributed by atoms with Crippen molar-refractivity contribution in [3.63, 3.8) is 0 Å². The van der Waals surface area contributed by atoms with Gasteiger partial charge in [0.25, 0.3) is 11.6 Å². The fourth-order valence-corrected chi connectivity index (χ4v) is 2.75. The summed E-state index contributed by atoms with van der Waals surface area (Å²) in [5.41, 5.74) is -0.190. The van der Waals surface area contributed by atoms with Gasteiger partial charge in [-0.25, -0.2) is 0 Å². The first kappa shape index (κ1) is 15.1. The lowest BCUT2D eigenvalue weighted by molar-refractivity contribution is -0.384. The molecule has 5 nitrogen and oxygen atoms in total. The van der Waals surface area contributed by atoms with Gasteiger partial charge in [0.1, 0.15) is 5.02 Å². The minimum atomic E-state index is -0.647. The summed E-state index contributed by atoms with van der Waals surface area (Å²) in [6.45, 7) is 0. The monoisotopic (exact) mass is 316 g/mol. The smallest absolute Gasteiger partial charge is 0.290 e. The molecule has 2 rings (SSSR count). The van der Waals surface area contributed by atoms with Crippen LogP contribution in [0.2, 0.25) is 10.0 Å². The van der Waals surface area contributed by atoms with Gasteiger partial charge in [-0.05, 0) is 18.9 Å². The standard InChI is InChI=1S/C13H14Cl2N2O3/c14-10-6-8(7-11(12(10)15)17(19)20)13(18)16-9-4-2-1-3-5-9/h6-7,9H,1-5H2,(H,16,18). The van der Waals surface area contributed by atoms with E-state index < -0.39 is 4.92 Å². The summed E-state index contributed by atoms with van der Waals surface area (Å²) in [6, 6.07) is 2.64. The molecule has 0 atom stereocenters. The molecule has 0 saturated heterocycles. The molecular weight excluding hydrogens is 303 g/mol. The number of nitro groups is 1. The van der Waals surface area contributed by atoms with Gasteiger partial charge < -0.3 is 5.32 Å². The molecule has 0 aromatic heterocycles. The van der Waals surface area contributed by atoms with Gasteiger partial charge in [-0.15, -0.1) is 0 Å². The van der Waals surface area contributed by atoms with Crippen LogP contribution in [-0.4, -0.2) is 16.9 Å². The van der Waals surface area contributed by atoms with E-state index in [1.54, 1.807) is 0 Å². The third-order valence-electron chi connectivity index (χ3n) is 3.41. The topological polar surface area (TPSA) is 72.2 Å². The Bertz CT molecular complexity index is 543. The van der Waals surface area contributed by atoms with Crippen molar-refractivity contribution in [2.45, 2.75) is 38.1 Å². The van der Waals surface area contributed by atoms with E-state index in [0.29, 0.717) is 0 Å². The second kappa shape index (κ2) is 6.41. The highest BCUT2D eigenvalue weighted by Crippen LogP contribution is 2.33. The Hall–Kier alpha value is -1.33. The maximum Gasteiger partial charge on any atom is 0.290 e. The molecule has 1 aliphatic carbocycles. The molecule has 0 spiro atoms. The average molecular weight is 317 g/mol. The summed E-state index contributed by atoms with van der Waals surface area (Å²) in [5, 5.41) is 13.6. The van der Waals surface area contributed by atoms with E-state index in [4.69, 9.17) is 23.2 Å². The summed E-state index contributed by atoms with van der Waals surface area (Å²) >= 11 is 11.6. The van der Waals surface area contributed by atoms with Crippen LogP contribution in [0.25, 0.3) is 0 Å². The summed E-state index contributed by atoms with van der Waals surface area (Å²) in [7, 11) is 0. The molecule has 1 fully saturated rings. The molecule has 1 aliphatic rings. The second-order valence-electron chi connectivity index (χ2n) is 4.86. The van der Waals surface area contributed by atoms with Crippen LogP contribution in [0, 0.1) is 10.1 Å². The highest BCUT2D eigenvalue weighted by Gasteiger charge is 2.22. The number of carbonyl (C=O) groups is 1. The van der Waals surface area contributed by atoms with Crippen LogP contribution in [0.1, 0.15) is 42.5 Å². The van der Waals surface area contributed by atoms with E-state index in [-0.39, 0.29) is 33.2 Å². The van der Waals surface area contributed by atoms with Crippen LogP contribution in [0.3, 0.4) is 0 Å². The predicted octanol–water partition coefficient (Wildman–Crippen LogP) is 3.96. The number of hydrogen-bond acceptors (Lipinski definition) is 3. The zero-order valence-electron chi connectivity index (χ0n) is 10.7. The molecule has 0 heterocycles. The lowest BCUT2D eigenvalue weighted by Crippen LogP contribution is -2.36. The maximum absolute atomic E-state index is 12.1. The van der Waals surface area contributed by atoms with Gasteiger partial charge >= 0.3 is 0 Å². The van der Waals surface area contributed by atoms with Gasteiger partial charge in [-0.2, -0.15) is 0 Å². The fourth-order valence-electron chi connectivity index (χ4n) is 2.35. The molecule has 0 unspecified atom stereocenters. The molecule has 20 heavy (non-hydrogen) atoms. The number of rotatable bonds is 3. The van der Waals surface area contributed by atoms with Crippen LogP contribution in [0.4, 0.5) is 5.69 Å². The Morgan fingerprint density at radius 1 is 1.25 bits per heavy atom. The third kappa shape index (κ3) is 3.41. The molecule has 1 amide bonds. The highest BCUT2D eigenvalue weighted by molar-refractivity contribution is 6.43. The molecule has 1 N–H and O–H groups in total. The summed E-state index contributed by atoms with van der Waals surface area (Å²) < 4.78 is 0. The van der Waals surface area contributed by atoms with Crippen LogP contribution in [-0.2, 0) is 0 Å². The zero-order valence-corrected chi connectivity index (χ0v) is 12.2. The third-order valence-corrected chi connectivity index (χ3v) is 4.20. The number of hydrogen-bond donors (Lipinski definition) is 1. The van der Waals surface area contributed by atoms with Crippen molar-refractivity contribution in [1.29, 1.82) is 0 Å². The van der Waals surface area contributed by atoms with Gasteiger partial charge in [0.2, 0.25) is 0 Å². The number of carbonyl (C=O) groups excluding carboxylic acids is 1. The Morgan fingerprint density at radius 3 is 2.50 bits per heavy atom. The Balaban J connectivity index is 2.19. The minimum absolute atomic E-state index is 0.00895. The molecular formula is C13H14Cl2N2O3. The summed E-state index contributed by atoms with van der Waals surface area (Å²) in [5.74, 6) is -0.349. The van der Waals surface area contributed by atoms with Gasteiger partial charge in [0.05, 0.1) is 9.95 Å². The maximum atomic E-state index is 12.1. The van der Waals surface area contributed by atoms with Gasteiger partial charge in [0, 0.05) is 17.7 Å². The predicted molar refractivity (Wildman–Crippen MR) is 77.5 cm³/mol. The number of benzene rings is 1. The largest absolute Gasteiger partial charge is 0.349 e. The lowest BCUT2D eigenvalue weighted by Gasteiger charge is -2.22. The Morgan fingerprint density at radius 2 is 1.90 bits per heavy atom. The fraction of sp³-hybridized carbons (Fsp3) is 0.462. The van der Waals surface area contributed by atoms with E-state index in [2.05, 4.69) is 5.32 Å². The number of nitro benzene ring substituents is 1. The first-order chi connectivity index (χ1) is 9.49. The quantitative estimate of drug-likeness (QED) is 0.677. The van der Waals surface area contributed by atoms with Crippen molar-refractivity contribution < 1.29 is 9.72 Å². The number of nitrogens with one attached hydrogen (secondary N) is 1. The molecule has 1 saturated carbocycles. The van der Waals surface area contributed by atoms with Crippen molar-refractivity contribution in [3.05, 3.63) is 37.9 Å². The average Bonchev–Trinajstić information content (AvgIpc) is 2.42. The number of nitrogens with zero attached hydrogens (tertiary/aromatic N) is 1. The first-order valence-corrected chi connectivity index (χ1v) is 7.19. The Kier molecular flexibility index (Phi) is 4.83. The molecule has 1 aromatic rings. The van der Waals surface area contributed by atoms with E-state index in [1.807, 2.05) is 0 Å². The van der Waals surface area contributed by atoms with Gasteiger partial charge in [-0.3, -0.25) is 14.9 Å². The van der Waals surface area contributed by atoms with Gasteiger partial charge in [0.15, 0.2) is 0 Å². The normalized spacial score (nSPS) is 15.9. The van der Waals surface area contributed by atoms with E-state index >= 15 is 0 Å². The molecule has 108 valence electrons. The van der Waals surface area contributed by atoms with Crippen LogP contribution < -0.4 is 5.32 Å². The first-order valence-electron chi connectivity index (χ1n) is 6.43. The minimum Gasteiger partial charge on any atom is -0.349 e. The van der Waals surface area contributed by atoms with E-state index in [0.717, 1.165) is 31.7 Å². The van der Waals surface area contributed by atoms with Crippen LogP contribution in [0.5, 0.6) is 0 Å². The molecule has 0 bridgehead atoms. The number of halogens is 2. The van der Waals surface area contributed by atoms with Crippen molar-refractivity contribution in [3.8, 4) is 0 Å². The highest BCUT2D eigenvalue weighted by atomic mass is 35.5. The van der Waals surface area contributed by atoms with Crippen molar-refractivity contribution in [1.82, 2.24) is 5.32 Å². The number of amides is 1. The molecule has 1 aromatic carbocycles. The van der Waals surface area contributed by atoms with Crippen molar-refractivity contribution in [2.24, 2.45) is 0 Å². The van der Waals surface area contributed by atoms with E-state index in [9.17, 15) is 14.9 Å². The zero-order chi connectivity index (χ0) is 14.7. The lowest BCUT2D eigenvalue weighted by atomic mass is 9.95. The molecule has 7 heteroatoms. The molecule has 0 radical (unpaired) electrons. The van der Waals surface area contributed by atoms with E-state index in [1.165, 1.54) is 12.5 Å². The van der Waals surface area contributed by atoms with Crippen molar-refractivity contribution in [2.75, 3.05) is 0 Å². The summed E-state index contributed by atoms with van der Waals surface area (Å²) in [4.78, 5) is 22.3. The molecule has 0 aliphatic heterocycles. The van der Waals surface area contributed by atoms with Gasteiger partial charge in [-0.1, -0.05) is 42.5 Å². The second-order valence-corrected chi connectivity index (χ2v) is 5.64. The van der Waals surface area contributed by atoms with Crippen LogP contribution >= 0.6 is 23.2 Å². The summed E-state index contributed by atoms with van der Waals surface area (Å²) in [6.07, 6.45) is 5.24. The van der Waals surface area contributed by atoms with Crippen LogP contribution in [0.15, 0.2) is 12.1 Å². The SMILES string of the molecule is O=C(NC1CCCCC1)c1cc(Cl)c(Cl)c([N+](=O)[O-])c1. The van der Waals surface area contributed by atoms with Crippen molar-refractivity contribution >= 4 is 34.8 Å².